The zero-order chi connectivity index (χ0) is 10.4. The lowest BCUT2D eigenvalue weighted by Gasteiger charge is -2.17. The molecule has 1 rings (SSSR count). The average molecular weight is 210 g/mol. The van der Waals surface area contributed by atoms with Gasteiger partial charge in [-0.25, -0.2) is 0 Å². The average Bonchev–Trinajstić information content (AvgIpc) is 2.17. The molecule has 0 heterocycles. The van der Waals surface area contributed by atoms with Gasteiger partial charge in [0.15, 0.2) is 0 Å². The molecule has 0 aliphatic heterocycles. The number of nitrogen functional groups attached to an aromatic ring is 1. The summed E-state index contributed by atoms with van der Waals surface area (Å²) >= 11 is 1.86. The SMILES string of the molecule is CCC(CSC)Nc1cccc(N)c1. The first-order valence-electron chi connectivity index (χ1n) is 4.87. The van der Waals surface area contributed by atoms with Crippen LogP contribution in [0.15, 0.2) is 24.3 Å². The van der Waals surface area contributed by atoms with E-state index in [4.69, 9.17) is 5.73 Å². The van der Waals surface area contributed by atoms with Gasteiger partial charge in [-0.3, -0.25) is 0 Å². The van der Waals surface area contributed by atoms with Gasteiger partial charge in [-0.1, -0.05) is 13.0 Å². The number of rotatable bonds is 5. The van der Waals surface area contributed by atoms with Crippen LogP contribution in [-0.2, 0) is 0 Å². The first kappa shape index (κ1) is 11.2. The second-order valence-electron chi connectivity index (χ2n) is 3.33. The van der Waals surface area contributed by atoms with Crippen molar-refractivity contribution in [2.24, 2.45) is 0 Å². The fourth-order valence-corrected chi connectivity index (χ4v) is 2.05. The molecule has 1 aromatic rings. The van der Waals surface area contributed by atoms with E-state index in [0.29, 0.717) is 6.04 Å². The Bertz CT molecular complexity index is 276. The minimum atomic E-state index is 0.534. The van der Waals surface area contributed by atoms with Gasteiger partial charge in [-0.05, 0) is 30.9 Å². The lowest BCUT2D eigenvalue weighted by Crippen LogP contribution is -2.20. The van der Waals surface area contributed by atoms with Crippen molar-refractivity contribution in [1.29, 1.82) is 0 Å². The van der Waals surface area contributed by atoms with Crippen molar-refractivity contribution in [3.63, 3.8) is 0 Å². The zero-order valence-corrected chi connectivity index (χ0v) is 9.60. The smallest absolute Gasteiger partial charge is 0.0363 e. The molecular weight excluding hydrogens is 192 g/mol. The molecule has 0 saturated heterocycles. The second kappa shape index (κ2) is 5.81. The van der Waals surface area contributed by atoms with Gasteiger partial charge in [0, 0.05) is 23.2 Å². The van der Waals surface area contributed by atoms with Crippen LogP contribution >= 0.6 is 11.8 Å². The van der Waals surface area contributed by atoms with Gasteiger partial charge in [0.25, 0.3) is 0 Å². The van der Waals surface area contributed by atoms with E-state index in [1.165, 1.54) is 0 Å². The Balaban J connectivity index is 2.57. The van der Waals surface area contributed by atoms with Crippen LogP contribution in [0.25, 0.3) is 0 Å². The van der Waals surface area contributed by atoms with Crippen molar-refractivity contribution in [3.8, 4) is 0 Å². The molecule has 3 heteroatoms. The number of thioether (sulfide) groups is 1. The summed E-state index contributed by atoms with van der Waals surface area (Å²) < 4.78 is 0. The summed E-state index contributed by atoms with van der Waals surface area (Å²) in [7, 11) is 0. The molecule has 1 aromatic carbocycles. The molecule has 78 valence electrons. The molecule has 0 aliphatic carbocycles. The van der Waals surface area contributed by atoms with Crippen molar-refractivity contribution in [2.45, 2.75) is 19.4 Å². The topological polar surface area (TPSA) is 38.0 Å². The maximum absolute atomic E-state index is 5.70. The molecule has 0 radical (unpaired) electrons. The normalized spacial score (nSPS) is 12.4. The highest BCUT2D eigenvalue weighted by molar-refractivity contribution is 7.98. The molecule has 0 fully saturated rings. The van der Waals surface area contributed by atoms with E-state index in [1.807, 2.05) is 30.0 Å². The monoisotopic (exact) mass is 210 g/mol. The van der Waals surface area contributed by atoms with Crippen LogP contribution in [0.2, 0.25) is 0 Å². The van der Waals surface area contributed by atoms with Crippen molar-refractivity contribution in [3.05, 3.63) is 24.3 Å². The molecule has 0 aliphatic rings. The minimum absolute atomic E-state index is 0.534. The van der Waals surface area contributed by atoms with E-state index in [0.717, 1.165) is 23.5 Å². The van der Waals surface area contributed by atoms with Gasteiger partial charge in [-0.2, -0.15) is 11.8 Å². The molecule has 0 spiro atoms. The van der Waals surface area contributed by atoms with Crippen LogP contribution in [0.4, 0.5) is 11.4 Å². The lowest BCUT2D eigenvalue weighted by atomic mass is 10.2. The quantitative estimate of drug-likeness (QED) is 0.734. The summed E-state index contributed by atoms with van der Waals surface area (Å²) in [4.78, 5) is 0. The largest absolute Gasteiger partial charge is 0.399 e. The van der Waals surface area contributed by atoms with Crippen molar-refractivity contribution < 1.29 is 0 Å². The van der Waals surface area contributed by atoms with E-state index in [1.54, 1.807) is 0 Å². The fraction of sp³-hybridized carbons (Fsp3) is 0.455. The highest BCUT2D eigenvalue weighted by Crippen LogP contribution is 2.15. The summed E-state index contributed by atoms with van der Waals surface area (Å²) in [6.07, 6.45) is 3.26. The standard InChI is InChI=1S/C11H18N2S/c1-3-10(8-14-2)13-11-6-4-5-9(12)7-11/h4-7,10,13H,3,8,12H2,1-2H3. The Kier molecular flexibility index (Phi) is 4.66. The zero-order valence-electron chi connectivity index (χ0n) is 8.79. The summed E-state index contributed by atoms with van der Waals surface area (Å²) in [6, 6.07) is 8.44. The highest BCUT2D eigenvalue weighted by atomic mass is 32.2. The van der Waals surface area contributed by atoms with E-state index < -0.39 is 0 Å². The Hall–Kier alpha value is -0.830. The molecule has 0 saturated carbocycles. The predicted molar refractivity (Wildman–Crippen MR) is 66.9 cm³/mol. The van der Waals surface area contributed by atoms with Gasteiger partial charge >= 0.3 is 0 Å². The number of hydrogen-bond acceptors (Lipinski definition) is 3. The highest BCUT2D eigenvalue weighted by Gasteiger charge is 2.04. The Morgan fingerprint density at radius 1 is 1.50 bits per heavy atom. The number of benzene rings is 1. The molecule has 0 aromatic heterocycles. The van der Waals surface area contributed by atoms with Crippen LogP contribution in [0.5, 0.6) is 0 Å². The molecule has 2 nitrogen and oxygen atoms in total. The van der Waals surface area contributed by atoms with Crippen molar-refractivity contribution >= 4 is 23.1 Å². The first-order valence-corrected chi connectivity index (χ1v) is 6.26. The van der Waals surface area contributed by atoms with Gasteiger partial charge in [0.1, 0.15) is 0 Å². The number of nitrogens with one attached hydrogen (secondary N) is 1. The summed E-state index contributed by atoms with van der Waals surface area (Å²) in [5, 5.41) is 3.47. The minimum Gasteiger partial charge on any atom is -0.399 e. The second-order valence-corrected chi connectivity index (χ2v) is 4.24. The van der Waals surface area contributed by atoms with Crippen LogP contribution in [0.3, 0.4) is 0 Å². The number of nitrogens with two attached hydrogens (primary N) is 1. The van der Waals surface area contributed by atoms with Gasteiger partial charge in [-0.15, -0.1) is 0 Å². The predicted octanol–water partition coefficient (Wildman–Crippen LogP) is 2.82. The summed E-state index contributed by atoms with van der Waals surface area (Å²) in [5.41, 5.74) is 7.63. The molecule has 0 amide bonds. The Labute approximate surface area is 90.3 Å². The molecule has 1 atom stereocenters. The fourth-order valence-electron chi connectivity index (χ4n) is 1.33. The van der Waals surface area contributed by atoms with Crippen LogP contribution in [0, 0.1) is 0 Å². The Morgan fingerprint density at radius 2 is 2.29 bits per heavy atom. The molecule has 3 N–H and O–H groups in total. The van der Waals surface area contributed by atoms with Gasteiger partial charge < -0.3 is 11.1 Å². The summed E-state index contributed by atoms with van der Waals surface area (Å²) in [5.74, 6) is 1.13. The number of hydrogen-bond donors (Lipinski definition) is 2. The van der Waals surface area contributed by atoms with E-state index >= 15 is 0 Å². The molecule has 0 bridgehead atoms. The molecular formula is C11H18N2S. The lowest BCUT2D eigenvalue weighted by molar-refractivity contribution is 0.775. The third-order valence-corrected chi connectivity index (χ3v) is 2.85. The van der Waals surface area contributed by atoms with Gasteiger partial charge in [0.2, 0.25) is 0 Å². The maximum Gasteiger partial charge on any atom is 0.0363 e. The summed E-state index contributed by atoms with van der Waals surface area (Å²) in [6.45, 7) is 2.19. The van der Waals surface area contributed by atoms with E-state index in [9.17, 15) is 0 Å². The Morgan fingerprint density at radius 3 is 2.86 bits per heavy atom. The number of anilines is 2. The van der Waals surface area contributed by atoms with Crippen LogP contribution in [-0.4, -0.2) is 18.1 Å². The third-order valence-electron chi connectivity index (χ3n) is 2.12. The van der Waals surface area contributed by atoms with E-state index in [2.05, 4.69) is 24.6 Å². The van der Waals surface area contributed by atoms with E-state index in [-0.39, 0.29) is 0 Å². The molecule has 1 unspecified atom stereocenters. The van der Waals surface area contributed by atoms with Crippen LogP contribution < -0.4 is 11.1 Å². The van der Waals surface area contributed by atoms with Gasteiger partial charge in [0.05, 0.1) is 0 Å². The van der Waals surface area contributed by atoms with Crippen molar-refractivity contribution in [2.75, 3.05) is 23.1 Å². The first-order chi connectivity index (χ1) is 6.76. The third kappa shape index (κ3) is 3.50. The molecule has 14 heavy (non-hydrogen) atoms. The van der Waals surface area contributed by atoms with Crippen molar-refractivity contribution in [1.82, 2.24) is 0 Å². The van der Waals surface area contributed by atoms with Crippen LogP contribution in [0.1, 0.15) is 13.3 Å². The maximum atomic E-state index is 5.70.